The summed E-state index contributed by atoms with van der Waals surface area (Å²) in [6, 6.07) is 5.98. The van der Waals surface area contributed by atoms with Crippen molar-refractivity contribution in [3.63, 3.8) is 0 Å². The summed E-state index contributed by atoms with van der Waals surface area (Å²) in [5.41, 5.74) is 0.532. The van der Waals surface area contributed by atoms with Crippen LogP contribution in [0.4, 0.5) is 5.69 Å². The van der Waals surface area contributed by atoms with E-state index in [1.165, 1.54) is 16.4 Å². The lowest BCUT2D eigenvalue weighted by Crippen LogP contribution is -2.40. The molecule has 0 bridgehead atoms. The summed E-state index contributed by atoms with van der Waals surface area (Å²) >= 11 is 0. The Morgan fingerprint density at radius 1 is 1.19 bits per heavy atom. The molecule has 21 heavy (non-hydrogen) atoms. The van der Waals surface area contributed by atoms with Crippen molar-refractivity contribution in [1.29, 1.82) is 0 Å². The number of nitro groups is 1. The van der Waals surface area contributed by atoms with Crippen LogP contribution >= 0.6 is 0 Å². The van der Waals surface area contributed by atoms with Crippen molar-refractivity contribution in [2.75, 3.05) is 13.1 Å². The van der Waals surface area contributed by atoms with Gasteiger partial charge in [0.25, 0.3) is 15.9 Å². The second kappa shape index (κ2) is 6.97. The molecule has 116 valence electrons. The van der Waals surface area contributed by atoms with E-state index in [1.807, 2.05) is 0 Å². The largest absolute Gasteiger partial charge is 0.279 e. The van der Waals surface area contributed by atoms with Crippen molar-refractivity contribution < 1.29 is 13.3 Å². The van der Waals surface area contributed by atoms with Crippen LogP contribution in [0.3, 0.4) is 0 Å². The third-order valence-electron chi connectivity index (χ3n) is 3.49. The Hall–Kier alpha value is -1.51. The third kappa shape index (κ3) is 4.48. The second-order valence-electron chi connectivity index (χ2n) is 5.07. The summed E-state index contributed by atoms with van der Waals surface area (Å²) in [7, 11) is -3.52. The van der Waals surface area contributed by atoms with E-state index in [0.717, 1.165) is 25.7 Å². The fourth-order valence-electron chi connectivity index (χ4n) is 2.33. The van der Waals surface area contributed by atoms with Crippen molar-refractivity contribution in [3.05, 3.63) is 39.9 Å². The highest BCUT2D eigenvalue weighted by Gasteiger charge is 2.22. The van der Waals surface area contributed by atoms with Gasteiger partial charge in [-0.15, -0.1) is 0 Å². The van der Waals surface area contributed by atoms with Crippen LogP contribution in [0.1, 0.15) is 31.2 Å². The maximum absolute atomic E-state index is 12.2. The van der Waals surface area contributed by atoms with E-state index in [4.69, 9.17) is 0 Å². The van der Waals surface area contributed by atoms with Gasteiger partial charge in [0.1, 0.15) is 0 Å². The van der Waals surface area contributed by atoms with Gasteiger partial charge in [-0.1, -0.05) is 25.0 Å². The standard InChI is InChI=1S/C13H19N3O4S/c17-16(18)13-7-5-6-12(10-13)11-14-21(19,20)15-8-3-1-2-4-9-15/h5-7,10,14H,1-4,8-9,11H2. The fourth-order valence-corrected chi connectivity index (χ4v) is 3.60. The molecule has 2 rings (SSSR count). The minimum Gasteiger partial charge on any atom is -0.258 e. The molecule has 0 atom stereocenters. The first kappa shape index (κ1) is 15.9. The zero-order valence-electron chi connectivity index (χ0n) is 11.7. The smallest absolute Gasteiger partial charge is 0.258 e. The van der Waals surface area contributed by atoms with E-state index in [2.05, 4.69) is 4.72 Å². The van der Waals surface area contributed by atoms with Gasteiger partial charge in [0.05, 0.1) is 4.92 Å². The third-order valence-corrected chi connectivity index (χ3v) is 5.04. The van der Waals surface area contributed by atoms with Gasteiger partial charge in [-0.3, -0.25) is 10.1 Å². The molecule has 1 saturated heterocycles. The minimum absolute atomic E-state index is 0.0403. The second-order valence-corrected chi connectivity index (χ2v) is 6.82. The Balaban J connectivity index is 2.00. The van der Waals surface area contributed by atoms with E-state index in [-0.39, 0.29) is 12.2 Å². The van der Waals surface area contributed by atoms with Gasteiger partial charge in [-0.25, -0.2) is 0 Å². The Labute approximate surface area is 124 Å². The highest BCUT2D eigenvalue weighted by molar-refractivity contribution is 7.87. The Kier molecular flexibility index (Phi) is 5.27. The molecule has 7 nitrogen and oxygen atoms in total. The molecule has 1 heterocycles. The van der Waals surface area contributed by atoms with E-state index in [1.54, 1.807) is 12.1 Å². The molecule has 1 aromatic carbocycles. The molecule has 1 fully saturated rings. The number of rotatable bonds is 5. The van der Waals surface area contributed by atoms with E-state index < -0.39 is 15.1 Å². The van der Waals surface area contributed by atoms with Gasteiger partial charge in [-0.2, -0.15) is 17.4 Å². The highest BCUT2D eigenvalue weighted by Crippen LogP contribution is 2.15. The van der Waals surface area contributed by atoms with Gasteiger partial charge in [0.2, 0.25) is 0 Å². The first-order valence-electron chi connectivity index (χ1n) is 6.97. The summed E-state index contributed by atoms with van der Waals surface area (Å²) in [4.78, 5) is 10.2. The lowest BCUT2D eigenvalue weighted by molar-refractivity contribution is -0.384. The van der Waals surface area contributed by atoms with Gasteiger partial charge in [-0.05, 0) is 18.4 Å². The number of hydrogen-bond acceptors (Lipinski definition) is 4. The normalized spacial score (nSPS) is 17.3. The summed E-state index contributed by atoms with van der Waals surface area (Å²) in [5, 5.41) is 10.7. The molecule has 1 N–H and O–H groups in total. The average molecular weight is 313 g/mol. The topological polar surface area (TPSA) is 92.5 Å². The molecule has 0 radical (unpaired) electrons. The maximum atomic E-state index is 12.2. The number of nitrogens with one attached hydrogen (secondary N) is 1. The van der Waals surface area contributed by atoms with Crippen LogP contribution in [0.2, 0.25) is 0 Å². The molecule has 0 aromatic heterocycles. The lowest BCUT2D eigenvalue weighted by atomic mass is 10.2. The van der Waals surface area contributed by atoms with Gasteiger partial charge >= 0.3 is 0 Å². The first-order chi connectivity index (χ1) is 9.99. The number of benzene rings is 1. The van der Waals surface area contributed by atoms with Crippen LogP contribution in [0.15, 0.2) is 24.3 Å². The number of hydrogen-bond donors (Lipinski definition) is 1. The molecule has 1 aromatic rings. The summed E-state index contributed by atoms with van der Waals surface area (Å²) < 4.78 is 28.4. The molecule has 1 aliphatic heterocycles. The molecule has 8 heteroatoms. The molecular weight excluding hydrogens is 294 g/mol. The highest BCUT2D eigenvalue weighted by atomic mass is 32.2. The molecule has 1 aliphatic rings. The Bertz CT molecular complexity index is 595. The molecule has 0 spiro atoms. The number of nitro benzene ring substituents is 1. The maximum Gasteiger partial charge on any atom is 0.279 e. The van der Waals surface area contributed by atoms with Crippen molar-refractivity contribution in [1.82, 2.24) is 9.03 Å². The predicted octanol–water partition coefficient (Wildman–Crippen LogP) is 1.81. The van der Waals surface area contributed by atoms with E-state index in [0.29, 0.717) is 18.7 Å². The van der Waals surface area contributed by atoms with Gasteiger partial charge in [0, 0.05) is 31.8 Å². The molecular formula is C13H19N3O4S. The Morgan fingerprint density at radius 2 is 1.86 bits per heavy atom. The van der Waals surface area contributed by atoms with Crippen LogP contribution in [0.25, 0.3) is 0 Å². The van der Waals surface area contributed by atoms with Crippen molar-refractivity contribution >= 4 is 15.9 Å². The minimum atomic E-state index is -3.52. The Morgan fingerprint density at radius 3 is 2.48 bits per heavy atom. The zero-order valence-corrected chi connectivity index (χ0v) is 12.5. The molecule has 0 amide bonds. The fraction of sp³-hybridized carbons (Fsp3) is 0.538. The molecule has 0 unspecified atom stereocenters. The SMILES string of the molecule is O=[N+]([O-])c1cccc(CNS(=O)(=O)N2CCCCCC2)c1. The van der Waals surface area contributed by atoms with Crippen LogP contribution in [-0.4, -0.2) is 30.7 Å². The first-order valence-corrected chi connectivity index (χ1v) is 8.41. The monoisotopic (exact) mass is 313 g/mol. The van der Waals surface area contributed by atoms with E-state index >= 15 is 0 Å². The quantitative estimate of drug-likeness (QED) is 0.662. The summed E-state index contributed by atoms with van der Waals surface area (Å²) in [6.07, 6.45) is 3.85. The molecule has 0 aliphatic carbocycles. The number of non-ortho nitro benzene ring substituents is 1. The summed E-state index contributed by atoms with van der Waals surface area (Å²) in [6.45, 7) is 1.12. The van der Waals surface area contributed by atoms with Crippen LogP contribution < -0.4 is 4.72 Å². The van der Waals surface area contributed by atoms with Gasteiger partial charge in [0.15, 0.2) is 0 Å². The number of nitrogens with zero attached hydrogens (tertiary/aromatic N) is 2. The van der Waals surface area contributed by atoms with Crippen LogP contribution in [0.5, 0.6) is 0 Å². The van der Waals surface area contributed by atoms with E-state index in [9.17, 15) is 18.5 Å². The van der Waals surface area contributed by atoms with Crippen molar-refractivity contribution in [2.45, 2.75) is 32.2 Å². The molecule has 0 saturated carbocycles. The zero-order chi connectivity index (χ0) is 15.3. The van der Waals surface area contributed by atoms with Crippen molar-refractivity contribution in [2.24, 2.45) is 0 Å². The van der Waals surface area contributed by atoms with Crippen LogP contribution in [0, 0.1) is 10.1 Å². The van der Waals surface area contributed by atoms with Crippen molar-refractivity contribution in [3.8, 4) is 0 Å². The average Bonchev–Trinajstić information content (AvgIpc) is 2.75. The van der Waals surface area contributed by atoms with Gasteiger partial charge < -0.3 is 0 Å². The summed E-state index contributed by atoms with van der Waals surface area (Å²) in [5.74, 6) is 0. The predicted molar refractivity (Wildman–Crippen MR) is 78.9 cm³/mol. The lowest BCUT2D eigenvalue weighted by Gasteiger charge is -2.20. The van der Waals surface area contributed by atoms with Crippen LogP contribution in [-0.2, 0) is 16.8 Å².